The Morgan fingerprint density at radius 3 is 2.36 bits per heavy atom. The molecule has 1 heterocycles. The minimum absolute atomic E-state index is 0.0596. The molecular formula is C18H23NO5S. The first-order chi connectivity index (χ1) is 11.6. The SMILES string of the molecule is Cc1cc(C)c(NC(=O)C(C)OC(=O)CC2C=CS(=O)(=O)C2)c(C)c1. The van der Waals surface area contributed by atoms with E-state index in [9.17, 15) is 18.0 Å². The van der Waals surface area contributed by atoms with Crippen LogP contribution in [0.4, 0.5) is 5.69 Å². The number of hydrogen-bond acceptors (Lipinski definition) is 5. The number of benzene rings is 1. The number of esters is 1. The average molecular weight is 365 g/mol. The second kappa shape index (κ2) is 7.39. The third kappa shape index (κ3) is 5.16. The van der Waals surface area contributed by atoms with Gasteiger partial charge in [-0.05, 0) is 38.8 Å². The van der Waals surface area contributed by atoms with Crippen LogP contribution in [0.5, 0.6) is 0 Å². The van der Waals surface area contributed by atoms with Crippen LogP contribution in [0.2, 0.25) is 0 Å². The normalized spacial score (nSPS) is 19.4. The number of ether oxygens (including phenoxy) is 1. The van der Waals surface area contributed by atoms with E-state index < -0.39 is 33.7 Å². The summed E-state index contributed by atoms with van der Waals surface area (Å²) in [5.74, 6) is -1.50. The second-order valence-corrected chi connectivity index (χ2v) is 8.45. The monoisotopic (exact) mass is 365 g/mol. The third-order valence-corrected chi connectivity index (χ3v) is 5.50. The van der Waals surface area contributed by atoms with E-state index in [1.165, 1.54) is 13.0 Å². The van der Waals surface area contributed by atoms with Crippen molar-refractivity contribution in [3.05, 3.63) is 40.3 Å². The van der Waals surface area contributed by atoms with Crippen molar-refractivity contribution in [2.75, 3.05) is 11.1 Å². The van der Waals surface area contributed by atoms with Crippen molar-refractivity contribution in [1.82, 2.24) is 0 Å². The topological polar surface area (TPSA) is 89.5 Å². The quantitative estimate of drug-likeness (QED) is 0.810. The van der Waals surface area contributed by atoms with E-state index >= 15 is 0 Å². The Balaban J connectivity index is 1.92. The Morgan fingerprint density at radius 2 is 1.84 bits per heavy atom. The molecule has 0 bridgehead atoms. The number of carbonyl (C=O) groups excluding carboxylic acids is 2. The molecule has 2 atom stereocenters. The minimum atomic E-state index is -3.21. The first-order valence-electron chi connectivity index (χ1n) is 8.06. The summed E-state index contributed by atoms with van der Waals surface area (Å²) < 4.78 is 27.8. The molecular weight excluding hydrogens is 342 g/mol. The van der Waals surface area contributed by atoms with Gasteiger partial charge in [-0.1, -0.05) is 23.8 Å². The molecule has 1 aromatic carbocycles. The molecule has 0 radical (unpaired) electrons. The summed E-state index contributed by atoms with van der Waals surface area (Å²) in [4.78, 5) is 24.2. The summed E-state index contributed by atoms with van der Waals surface area (Å²) in [6.45, 7) is 7.28. The lowest BCUT2D eigenvalue weighted by atomic mass is 10.0. The predicted octanol–water partition coefficient (Wildman–Crippen LogP) is 2.43. The van der Waals surface area contributed by atoms with Gasteiger partial charge in [-0.15, -0.1) is 0 Å². The number of amides is 1. The average Bonchev–Trinajstić information content (AvgIpc) is 2.81. The molecule has 7 heteroatoms. The Kier molecular flexibility index (Phi) is 5.67. The number of carbonyl (C=O) groups is 2. The van der Waals surface area contributed by atoms with Gasteiger partial charge in [0, 0.05) is 17.0 Å². The van der Waals surface area contributed by atoms with Gasteiger partial charge >= 0.3 is 5.97 Å². The molecule has 2 rings (SSSR count). The number of rotatable bonds is 5. The van der Waals surface area contributed by atoms with Crippen LogP contribution in [0.25, 0.3) is 0 Å². The Hall–Kier alpha value is -2.15. The Labute approximate surface area is 148 Å². The zero-order valence-electron chi connectivity index (χ0n) is 14.8. The highest BCUT2D eigenvalue weighted by atomic mass is 32.2. The number of anilines is 1. The fourth-order valence-corrected chi connectivity index (χ4v) is 4.28. The van der Waals surface area contributed by atoms with Gasteiger partial charge < -0.3 is 10.1 Å². The number of allylic oxidation sites excluding steroid dienone is 1. The maximum absolute atomic E-state index is 12.3. The van der Waals surface area contributed by atoms with Crippen LogP contribution < -0.4 is 5.32 Å². The maximum Gasteiger partial charge on any atom is 0.307 e. The molecule has 0 saturated carbocycles. The number of sulfone groups is 1. The van der Waals surface area contributed by atoms with Gasteiger partial charge in [0.15, 0.2) is 15.9 Å². The van der Waals surface area contributed by atoms with Gasteiger partial charge in [0.05, 0.1) is 12.2 Å². The maximum atomic E-state index is 12.3. The second-order valence-electron chi connectivity index (χ2n) is 6.52. The van der Waals surface area contributed by atoms with Crippen LogP contribution in [0.3, 0.4) is 0 Å². The van der Waals surface area contributed by atoms with E-state index in [0.717, 1.165) is 22.1 Å². The van der Waals surface area contributed by atoms with Crippen molar-refractivity contribution < 1.29 is 22.7 Å². The molecule has 25 heavy (non-hydrogen) atoms. The van der Waals surface area contributed by atoms with Gasteiger partial charge in [0.25, 0.3) is 5.91 Å². The third-order valence-electron chi connectivity index (χ3n) is 4.04. The van der Waals surface area contributed by atoms with Crippen molar-refractivity contribution in [2.45, 2.75) is 40.2 Å². The molecule has 0 fully saturated rings. The Bertz CT molecular complexity index is 803. The highest BCUT2D eigenvalue weighted by molar-refractivity contribution is 7.94. The molecule has 136 valence electrons. The molecule has 1 aliphatic heterocycles. The molecule has 1 aliphatic rings. The molecule has 0 aromatic heterocycles. The number of aryl methyl sites for hydroxylation is 3. The Morgan fingerprint density at radius 1 is 1.24 bits per heavy atom. The summed E-state index contributed by atoms with van der Waals surface area (Å²) in [6.07, 6.45) is 0.464. The number of nitrogens with one attached hydrogen (secondary N) is 1. The van der Waals surface area contributed by atoms with E-state index in [-0.39, 0.29) is 12.2 Å². The van der Waals surface area contributed by atoms with E-state index in [4.69, 9.17) is 4.74 Å². The van der Waals surface area contributed by atoms with Crippen LogP contribution in [0.1, 0.15) is 30.0 Å². The van der Waals surface area contributed by atoms with Crippen LogP contribution >= 0.6 is 0 Å². The highest BCUT2D eigenvalue weighted by Crippen LogP contribution is 2.23. The molecule has 2 unspecified atom stereocenters. The van der Waals surface area contributed by atoms with Gasteiger partial charge in [-0.25, -0.2) is 8.42 Å². The molecule has 1 N–H and O–H groups in total. The molecule has 0 aliphatic carbocycles. The highest BCUT2D eigenvalue weighted by Gasteiger charge is 2.26. The van der Waals surface area contributed by atoms with Crippen LogP contribution in [0.15, 0.2) is 23.6 Å². The summed E-state index contributed by atoms with van der Waals surface area (Å²) in [6, 6.07) is 3.93. The lowest BCUT2D eigenvalue weighted by molar-refractivity contribution is -0.153. The molecule has 0 spiro atoms. The van der Waals surface area contributed by atoms with Crippen LogP contribution in [-0.2, 0) is 24.2 Å². The minimum Gasteiger partial charge on any atom is -0.453 e. The summed E-state index contributed by atoms with van der Waals surface area (Å²) in [5, 5.41) is 3.91. The fraction of sp³-hybridized carbons (Fsp3) is 0.444. The zero-order valence-corrected chi connectivity index (χ0v) is 15.6. The van der Waals surface area contributed by atoms with E-state index in [2.05, 4.69) is 5.32 Å². The predicted molar refractivity (Wildman–Crippen MR) is 95.9 cm³/mol. The molecule has 1 amide bonds. The molecule has 1 aromatic rings. The van der Waals surface area contributed by atoms with Crippen molar-refractivity contribution >= 4 is 27.4 Å². The van der Waals surface area contributed by atoms with Crippen LogP contribution in [-0.4, -0.2) is 32.2 Å². The standard InChI is InChI=1S/C18H23NO5S/c1-11-7-12(2)17(13(3)8-11)19-18(21)14(4)24-16(20)9-15-5-6-25(22,23)10-15/h5-8,14-15H,9-10H2,1-4H3,(H,19,21). The van der Waals surface area contributed by atoms with Crippen molar-refractivity contribution in [3.63, 3.8) is 0 Å². The molecule has 0 saturated heterocycles. The largest absolute Gasteiger partial charge is 0.453 e. The van der Waals surface area contributed by atoms with Crippen LogP contribution in [0, 0.1) is 26.7 Å². The zero-order chi connectivity index (χ0) is 18.8. The smallest absolute Gasteiger partial charge is 0.307 e. The van der Waals surface area contributed by atoms with Crippen molar-refractivity contribution in [3.8, 4) is 0 Å². The van der Waals surface area contributed by atoms with Gasteiger partial charge in [-0.2, -0.15) is 0 Å². The summed E-state index contributed by atoms with van der Waals surface area (Å²) in [5.41, 5.74) is 3.69. The number of hydrogen-bond donors (Lipinski definition) is 1. The first-order valence-corrected chi connectivity index (χ1v) is 9.78. The van der Waals surface area contributed by atoms with Gasteiger partial charge in [-0.3, -0.25) is 9.59 Å². The fourth-order valence-electron chi connectivity index (χ4n) is 2.88. The van der Waals surface area contributed by atoms with E-state index in [0.29, 0.717) is 5.69 Å². The van der Waals surface area contributed by atoms with Crippen molar-refractivity contribution in [1.29, 1.82) is 0 Å². The molecule has 6 nitrogen and oxygen atoms in total. The van der Waals surface area contributed by atoms with Crippen molar-refractivity contribution in [2.24, 2.45) is 5.92 Å². The van der Waals surface area contributed by atoms with Gasteiger partial charge in [0.1, 0.15) is 0 Å². The lowest BCUT2D eigenvalue weighted by Crippen LogP contribution is -2.31. The van der Waals surface area contributed by atoms with E-state index in [1.807, 2.05) is 32.9 Å². The summed E-state index contributed by atoms with van der Waals surface area (Å²) >= 11 is 0. The van der Waals surface area contributed by atoms with E-state index in [1.54, 1.807) is 0 Å². The van der Waals surface area contributed by atoms with Gasteiger partial charge in [0.2, 0.25) is 0 Å². The first kappa shape index (κ1) is 19.2. The lowest BCUT2D eigenvalue weighted by Gasteiger charge is -2.17. The summed E-state index contributed by atoms with van der Waals surface area (Å²) in [7, 11) is -3.21.